The Morgan fingerprint density at radius 3 is 2.46 bits per heavy atom. The molecule has 0 bridgehead atoms. The zero-order valence-corrected chi connectivity index (χ0v) is 21.4. The summed E-state index contributed by atoms with van der Waals surface area (Å²) in [7, 11) is 0. The van der Waals surface area contributed by atoms with Crippen LogP contribution < -0.4 is 28.0 Å². The van der Waals surface area contributed by atoms with Crippen LogP contribution in [0.3, 0.4) is 0 Å². The predicted molar refractivity (Wildman–Crippen MR) is 132 cm³/mol. The number of hydrogen-bond acceptors (Lipinski definition) is 13. The first-order chi connectivity index (χ1) is 19.2. The van der Waals surface area contributed by atoms with Crippen LogP contribution in [0, 0.1) is 0 Å². The lowest BCUT2D eigenvalue weighted by atomic mass is 9.92. The van der Waals surface area contributed by atoms with Gasteiger partial charge in [0.05, 0.1) is 0 Å². The van der Waals surface area contributed by atoms with Crippen molar-refractivity contribution in [3.05, 3.63) is 44.8 Å². The second kappa shape index (κ2) is 12.6. The fourth-order valence-corrected chi connectivity index (χ4v) is 4.40. The van der Waals surface area contributed by atoms with Crippen molar-refractivity contribution in [3.8, 4) is 0 Å². The SMILES string of the molecule is C/C=C1/CN(C(=O)[C@@H](NC(=O)[C@@H](N)[C@H](O)[C@@H](O)COC(N)=O)C2OC(n3ccc(=O)[nH]c3=O)[C@H](O)[C@@H]2O)[C@@H]1C(=O)O. The second-order valence-corrected chi connectivity index (χ2v) is 9.26. The summed E-state index contributed by atoms with van der Waals surface area (Å²) in [4.78, 5) is 75.5. The molecule has 1 aromatic rings. The molecular weight excluding hydrogens is 556 g/mol. The number of nitrogens with one attached hydrogen (secondary N) is 2. The van der Waals surface area contributed by atoms with Gasteiger partial charge in [-0.1, -0.05) is 6.08 Å². The number of rotatable bonds is 10. The minimum Gasteiger partial charge on any atom is -0.479 e. The zero-order chi connectivity index (χ0) is 30.8. The summed E-state index contributed by atoms with van der Waals surface area (Å²) in [5.41, 5.74) is 9.05. The van der Waals surface area contributed by atoms with Crippen molar-refractivity contribution >= 4 is 23.9 Å². The van der Waals surface area contributed by atoms with E-state index in [1.54, 1.807) is 6.92 Å². The first-order valence-corrected chi connectivity index (χ1v) is 12.0. The standard InChI is InChI=1S/C22H30N6O13/c1-2-7-5-28(12(7)20(36)37)18(35)11(26-17(34)10(23)13(31)8(29)6-40-21(24)38)16-14(32)15(33)19(41-16)27-4-3-9(30)25-22(27)39/h2-4,8,10-16,19,29,31-33H,5-6,23H2,1H3,(H2,24,38)(H,26,34)(H,36,37)(H,25,30,39)/b7-2-/t8-,10-,11-,12-,13+,14-,15+,16?,19?/m0/s1. The Morgan fingerprint density at radius 2 is 1.90 bits per heavy atom. The number of carbonyl (C=O) groups is 4. The van der Waals surface area contributed by atoms with E-state index in [1.807, 2.05) is 4.98 Å². The number of hydrogen-bond donors (Lipinski definition) is 9. The van der Waals surface area contributed by atoms with Crippen molar-refractivity contribution in [2.45, 2.75) is 61.8 Å². The smallest absolute Gasteiger partial charge is 0.404 e. The molecule has 2 fully saturated rings. The van der Waals surface area contributed by atoms with Gasteiger partial charge in [0.15, 0.2) is 12.3 Å². The van der Waals surface area contributed by atoms with E-state index in [9.17, 15) is 54.3 Å². The molecule has 2 aliphatic rings. The minimum absolute atomic E-state index is 0.176. The van der Waals surface area contributed by atoms with Gasteiger partial charge in [0, 0.05) is 18.8 Å². The molecule has 0 saturated carbocycles. The molecular formula is C22H30N6O13. The largest absolute Gasteiger partial charge is 0.479 e. The second-order valence-electron chi connectivity index (χ2n) is 9.26. The molecule has 1 aromatic heterocycles. The van der Waals surface area contributed by atoms with Crippen molar-refractivity contribution in [2.75, 3.05) is 13.2 Å². The number of aromatic nitrogens is 2. The number of nitrogens with two attached hydrogens (primary N) is 2. The Balaban J connectivity index is 1.92. The highest BCUT2D eigenvalue weighted by Crippen LogP contribution is 2.33. The maximum atomic E-state index is 13.5. The number of carbonyl (C=O) groups excluding carboxylic acids is 3. The zero-order valence-electron chi connectivity index (χ0n) is 21.4. The molecule has 41 heavy (non-hydrogen) atoms. The summed E-state index contributed by atoms with van der Waals surface area (Å²) in [6.07, 6.45) is -10.2. The number of amides is 3. The number of nitrogens with zero attached hydrogens (tertiary/aromatic N) is 2. The van der Waals surface area contributed by atoms with E-state index in [0.717, 1.165) is 17.2 Å². The number of H-pyrrole nitrogens is 1. The van der Waals surface area contributed by atoms with Crippen molar-refractivity contribution in [1.82, 2.24) is 19.8 Å². The molecule has 19 nitrogen and oxygen atoms in total. The van der Waals surface area contributed by atoms with Gasteiger partial charge in [-0.15, -0.1) is 0 Å². The molecule has 2 unspecified atom stereocenters. The third-order valence-corrected chi connectivity index (χ3v) is 6.66. The average Bonchev–Trinajstić information content (AvgIpc) is 3.17. The number of aromatic amines is 1. The molecule has 0 aromatic carbocycles. The predicted octanol–water partition coefficient (Wildman–Crippen LogP) is -5.97. The van der Waals surface area contributed by atoms with Crippen molar-refractivity contribution in [1.29, 1.82) is 0 Å². The van der Waals surface area contributed by atoms with E-state index in [1.165, 1.54) is 6.08 Å². The van der Waals surface area contributed by atoms with E-state index < -0.39 is 96.6 Å². The number of ether oxygens (including phenoxy) is 2. The monoisotopic (exact) mass is 586 g/mol. The summed E-state index contributed by atoms with van der Waals surface area (Å²) < 4.78 is 10.7. The number of carboxylic acids is 1. The maximum Gasteiger partial charge on any atom is 0.404 e. The number of aliphatic hydroxyl groups excluding tert-OH is 4. The Hall–Kier alpha value is -4.14. The molecule has 11 N–H and O–H groups in total. The van der Waals surface area contributed by atoms with E-state index in [4.69, 9.17) is 16.2 Å². The van der Waals surface area contributed by atoms with Crippen LogP contribution in [0.5, 0.6) is 0 Å². The van der Waals surface area contributed by atoms with Gasteiger partial charge in [0.2, 0.25) is 11.8 Å². The minimum atomic E-state index is -2.07. The number of carboxylic acid groups (broad SMARTS) is 1. The lowest BCUT2D eigenvalue weighted by Crippen LogP contribution is -2.67. The van der Waals surface area contributed by atoms with Gasteiger partial charge in [-0.05, 0) is 12.5 Å². The number of aliphatic carboxylic acids is 1. The Labute approximate surface area is 229 Å². The highest BCUT2D eigenvalue weighted by atomic mass is 16.6. The quantitative estimate of drug-likeness (QED) is 0.115. The molecule has 0 aliphatic carbocycles. The third kappa shape index (κ3) is 6.45. The number of aliphatic hydroxyl groups is 4. The molecule has 226 valence electrons. The number of allylic oxidation sites excluding steroid dienone is 1. The van der Waals surface area contributed by atoms with Gasteiger partial charge in [-0.2, -0.15) is 0 Å². The van der Waals surface area contributed by atoms with Crippen molar-refractivity contribution < 1.29 is 54.2 Å². The van der Waals surface area contributed by atoms with Crippen molar-refractivity contribution in [2.24, 2.45) is 11.5 Å². The van der Waals surface area contributed by atoms with Crippen LogP contribution in [0.2, 0.25) is 0 Å². The van der Waals surface area contributed by atoms with E-state index in [0.29, 0.717) is 10.1 Å². The first kappa shape index (κ1) is 31.4. The molecule has 3 rings (SSSR count). The summed E-state index contributed by atoms with van der Waals surface area (Å²) in [5.74, 6) is -3.80. The van der Waals surface area contributed by atoms with Crippen LogP contribution >= 0.6 is 0 Å². The molecule has 2 saturated heterocycles. The Kier molecular flexibility index (Phi) is 9.63. The summed E-state index contributed by atoms with van der Waals surface area (Å²) in [5, 5.41) is 53.3. The third-order valence-electron chi connectivity index (χ3n) is 6.66. The van der Waals surface area contributed by atoms with Crippen LogP contribution in [0.15, 0.2) is 33.5 Å². The molecule has 19 heteroatoms. The van der Waals surface area contributed by atoms with Gasteiger partial charge < -0.3 is 56.7 Å². The van der Waals surface area contributed by atoms with Gasteiger partial charge >= 0.3 is 17.8 Å². The maximum absolute atomic E-state index is 13.5. The molecule has 3 heterocycles. The van der Waals surface area contributed by atoms with Crippen molar-refractivity contribution in [3.63, 3.8) is 0 Å². The Bertz CT molecular complexity index is 1330. The van der Waals surface area contributed by atoms with E-state index >= 15 is 0 Å². The summed E-state index contributed by atoms with van der Waals surface area (Å²) >= 11 is 0. The van der Waals surface area contributed by atoms with Gasteiger partial charge in [-0.3, -0.25) is 23.9 Å². The van der Waals surface area contributed by atoms with Gasteiger partial charge in [-0.25, -0.2) is 14.4 Å². The molecule has 9 atom stereocenters. The number of likely N-dealkylation sites (tertiary alicyclic amines) is 1. The van der Waals surface area contributed by atoms with Gasteiger partial charge in [0.1, 0.15) is 49.2 Å². The molecule has 0 radical (unpaired) electrons. The normalized spacial score (nSPS) is 27.8. The Morgan fingerprint density at radius 1 is 1.24 bits per heavy atom. The summed E-state index contributed by atoms with van der Waals surface area (Å²) in [6.45, 7) is 0.531. The fourth-order valence-electron chi connectivity index (χ4n) is 4.40. The topological polar surface area (TPSA) is 310 Å². The summed E-state index contributed by atoms with van der Waals surface area (Å²) in [6, 6.07) is -4.44. The van der Waals surface area contributed by atoms with Crippen LogP contribution in [0.1, 0.15) is 13.2 Å². The molecule has 0 spiro atoms. The lowest BCUT2D eigenvalue weighted by Gasteiger charge is -2.43. The lowest BCUT2D eigenvalue weighted by molar-refractivity contribution is -0.157. The van der Waals surface area contributed by atoms with Crippen LogP contribution in [0.4, 0.5) is 4.79 Å². The van der Waals surface area contributed by atoms with Crippen LogP contribution in [-0.2, 0) is 23.9 Å². The van der Waals surface area contributed by atoms with Gasteiger partial charge in [0.25, 0.3) is 5.56 Å². The van der Waals surface area contributed by atoms with Crippen LogP contribution in [-0.4, -0.2) is 126 Å². The fraction of sp³-hybridized carbons (Fsp3) is 0.545. The average molecular weight is 587 g/mol. The molecule has 3 amide bonds. The highest BCUT2D eigenvalue weighted by Gasteiger charge is 2.53. The molecule has 2 aliphatic heterocycles. The first-order valence-electron chi connectivity index (χ1n) is 12.0. The number of primary amides is 1. The van der Waals surface area contributed by atoms with E-state index in [2.05, 4.69) is 10.1 Å². The van der Waals surface area contributed by atoms with Crippen LogP contribution in [0.25, 0.3) is 0 Å². The van der Waals surface area contributed by atoms with E-state index in [-0.39, 0.29) is 6.54 Å². The highest BCUT2D eigenvalue weighted by molar-refractivity contribution is 5.95.